The van der Waals surface area contributed by atoms with Crippen molar-refractivity contribution in [3.05, 3.63) is 168 Å². The Morgan fingerprint density at radius 3 is 0.628 bits per heavy atom. The summed E-state index contributed by atoms with van der Waals surface area (Å²) in [6.45, 7) is 22.5. The van der Waals surface area contributed by atoms with Crippen LogP contribution in [0, 0.1) is 21.7 Å². The lowest BCUT2D eigenvalue weighted by atomic mass is 9.84. The zero-order chi connectivity index (χ0) is 65.0. The molecule has 4 fully saturated rings. The van der Waals surface area contributed by atoms with E-state index in [0.29, 0.717) is 0 Å². The van der Waals surface area contributed by atoms with Crippen LogP contribution in [0.3, 0.4) is 0 Å². The van der Waals surface area contributed by atoms with Gasteiger partial charge in [0.1, 0.15) is 0 Å². The molecular weight excluding hydrogens is 1160 g/mol. The molecule has 0 N–H and O–H groups in total. The van der Waals surface area contributed by atoms with Gasteiger partial charge in [-0.05, 0) is 209 Å². The summed E-state index contributed by atoms with van der Waals surface area (Å²) < 4.78 is 46.3. The first-order valence-electron chi connectivity index (χ1n) is 37.0. The Morgan fingerprint density at radius 2 is 0.447 bits per heavy atom. The molecule has 0 saturated carbocycles. The maximum absolute atomic E-state index is 6.09. The first-order valence-corrected chi connectivity index (χ1v) is 37.0. The van der Waals surface area contributed by atoms with Crippen LogP contribution >= 0.6 is 0 Å². The normalized spacial score (nSPS) is 16.6. The largest absolute Gasteiger partial charge is 0.381 e. The molecule has 4 saturated heterocycles. The van der Waals surface area contributed by atoms with Crippen molar-refractivity contribution >= 4 is 34.1 Å². The summed E-state index contributed by atoms with van der Waals surface area (Å²) in [7, 11) is 0. The molecule has 0 amide bonds. The van der Waals surface area contributed by atoms with Gasteiger partial charge < -0.3 is 47.7 Å². The Hall–Kier alpha value is -5.40. The van der Waals surface area contributed by atoms with Gasteiger partial charge >= 0.3 is 0 Å². The fourth-order valence-electron chi connectivity index (χ4n) is 13.6. The minimum atomic E-state index is 0.263. The molecule has 0 atom stereocenters. The molecule has 0 aliphatic carbocycles. The van der Waals surface area contributed by atoms with E-state index >= 15 is 0 Å². The van der Waals surface area contributed by atoms with Gasteiger partial charge in [0, 0.05) is 82.2 Å². The summed E-state index contributed by atoms with van der Waals surface area (Å²) in [5.41, 5.74) is 15.9. The van der Waals surface area contributed by atoms with Crippen molar-refractivity contribution in [3.8, 4) is 11.1 Å². The lowest BCUT2D eigenvalue weighted by molar-refractivity contribution is -0.150. The average Bonchev–Trinajstić information content (AvgIpc) is 0.866. The molecule has 10 rings (SSSR count). The van der Waals surface area contributed by atoms with E-state index in [2.05, 4.69) is 183 Å². The van der Waals surface area contributed by atoms with Gasteiger partial charge in [0.25, 0.3) is 0 Å². The van der Waals surface area contributed by atoms with Crippen LogP contribution in [0.1, 0.15) is 178 Å². The molecule has 4 aliphatic rings. The Bertz CT molecular complexity index is 2650. The molecule has 0 spiro atoms. The van der Waals surface area contributed by atoms with E-state index in [9.17, 15) is 0 Å². The van der Waals surface area contributed by atoms with Crippen LogP contribution in [0.25, 0.3) is 11.1 Å². The van der Waals surface area contributed by atoms with Gasteiger partial charge in [-0.3, -0.25) is 0 Å². The number of hydrogen-bond donors (Lipinski definition) is 0. The summed E-state index contributed by atoms with van der Waals surface area (Å²) >= 11 is 0. The smallest absolute Gasteiger partial charge is 0.0566 e. The van der Waals surface area contributed by atoms with Crippen molar-refractivity contribution in [2.24, 2.45) is 21.7 Å². The highest BCUT2D eigenvalue weighted by molar-refractivity contribution is 5.81. The van der Waals surface area contributed by atoms with Gasteiger partial charge in [0.2, 0.25) is 0 Å². The Kier molecular flexibility index (Phi) is 28.4. The summed E-state index contributed by atoms with van der Waals surface area (Å²) in [4.78, 5) is 4.84. The van der Waals surface area contributed by atoms with Crippen molar-refractivity contribution in [2.45, 2.75) is 182 Å². The molecule has 6 aromatic rings. The third kappa shape index (κ3) is 20.8. The van der Waals surface area contributed by atoms with Crippen molar-refractivity contribution in [1.29, 1.82) is 0 Å². The van der Waals surface area contributed by atoms with Crippen LogP contribution in [-0.2, 0) is 63.6 Å². The third-order valence-electron chi connectivity index (χ3n) is 21.3. The third-order valence-corrected chi connectivity index (χ3v) is 21.3. The van der Waals surface area contributed by atoms with Crippen LogP contribution in [0.5, 0.6) is 0 Å². The van der Waals surface area contributed by atoms with Crippen molar-refractivity contribution in [2.75, 3.05) is 116 Å². The van der Waals surface area contributed by atoms with Gasteiger partial charge in [-0.25, -0.2) is 0 Å². The second-order valence-corrected chi connectivity index (χ2v) is 28.7. The molecule has 4 aliphatic heterocycles. The number of benzene rings is 6. The zero-order valence-corrected chi connectivity index (χ0v) is 58.3. The molecule has 6 aromatic carbocycles. The molecule has 4 heterocycles. The van der Waals surface area contributed by atoms with Crippen molar-refractivity contribution < 1.29 is 37.9 Å². The van der Waals surface area contributed by atoms with E-state index < -0.39 is 0 Å². The Labute approximate surface area is 567 Å². The minimum absolute atomic E-state index is 0.263. The van der Waals surface area contributed by atoms with Crippen molar-refractivity contribution in [3.63, 3.8) is 0 Å². The van der Waals surface area contributed by atoms with Crippen LogP contribution in [0.4, 0.5) is 34.1 Å². The van der Waals surface area contributed by atoms with Gasteiger partial charge in [0.15, 0.2) is 0 Å². The minimum Gasteiger partial charge on any atom is -0.381 e. The van der Waals surface area contributed by atoms with E-state index in [1.54, 1.807) is 0 Å². The predicted molar refractivity (Wildman–Crippen MR) is 387 cm³/mol. The molecule has 10 heteroatoms. The fourth-order valence-corrected chi connectivity index (χ4v) is 13.6. The average molecular weight is 1280 g/mol. The highest BCUT2D eigenvalue weighted by Crippen LogP contribution is 2.40. The monoisotopic (exact) mass is 1280 g/mol. The number of unbranched alkanes of at least 4 members (excludes halogenated alkanes) is 12. The number of aryl methyl sites for hydroxylation is 4. The van der Waals surface area contributed by atoms with Crippen LogP contribution < -0.4 is 9.80 Å². The number of rotatable bonds is 47. The van der Waals surface area contributed by atoms with Gasteiger partial charge in [-0.15, -0.1) is 0 Å². The molecule has 0 bridgehead atoms. The molecule has 510 valence electrons. The van der Waals surface area contributed by atoms with Gasteiger partial charge in [-0.2, -0.15) is 0 Å². The fraction of sp³-hybridized carbons (Fsp3) is 0.571. The molecule has 94 heavy (non-hydrogen) atoms. The van der Waals surface area contributed by atoms with Gasteiger partial charge in [0.05, 0.1) is 79.3 Å². The Balaban J connectivity index is 0.769. The van der Waals surface area contributed by atoms with Crippen LogP contribution in [0.15, 0.2) is 146 Å². The summed E-state index contributed by atoms with van der Waals surface area (Å²) in [6, 6.07) is 55.6. The standard InChI is InChI=1S/C84H116N2O8/c1-5-81(61-91-62-81)57-87-53-21-13-9-17-25-69-29-41-75(42-30-69)85(76-43-31-70(32-44-76)26-18-10-14-22-54-88-58-82(6-2)63-92-64-82)79-49-37-73(38-50-79)74-39-51-80(52-40-74)86(77-45-33-71(34-46-77)27-19-11-15-23-55-89-59-83(7-3)65-93-66-83)78-47-35-72(36-48-78)28-20-12-16-24-56-90-60-84(8-4)67-94-68-84/h29-52H,5-28,53-68H2,1-4H3. The first-order chi connectivity index (χ1) is 46.2. The molecule has 0 unspecified atom stereocenters. The second-order valence-electron chi connectivity index (χ2n) is 28.7. The highest BCUT2D eigenvalue weighted by Gasteiger charge is 2.39. The maximum Gasteiger partial charge on any atom is 0.0566 e. The number of nitrogens with zero attached hydrogens (tertiary/aromatic N) is 2. The quantitative estimate of drug-likeness (QED) is 0.0345. The van der Waals surface area contributed by atoms with E-state index in [1.807, 2.05) is 0 Å². The number of ether oxygens (including phenoxy) is 8. The predicted octanol–water partition coefficient (Wildman–Crippen LogP) is 20.5. The first kappa shape index (κ1) is 71.4. The SMILES string of the molecule is CCC1(COCCCCCCc2ccc(N(c3ccc(CCCCCCOCC4(CC)COC4)cc3)c3ccc(-c4ccc(N(c5ccc(CCCCCCOCC6(CC)COC6)cc5)c5ccc(CCCCCCOCC6(CC)COC6)cc5)cc4)cc3)cc2)COC1. The zero-order valence-electron chi connectivity index (χ0n) is 58.3. The molecular formula is C84H116N2O8. The van der Waals surface area contributed by atoms with E-state index in [4.69, 9.17) is 37.9 Å². The molecule has 10 nitrogen and oxygen atoms in total. The highest BCUT2D eigenvalue weighted by atomic mass is 16.5. The van der Waals surface area contributed by atoms with E-state index in [1.165, 1.54) is 133 Å². The van der Waals surface area contributed by atoms with Crippen LogP contribution in [0.2, 0.25) is 0 Å². The lowest BCUT2D eigenvalue weighted by Gasteiger charge is -2.40. The number of anilines is 6. The Morgan fingerprint density at radius 1 is 0.255 bits per heavy atom. The van der Waals surface area contributed by atoms with Crippen molar-refractivity contribution in [1.82, 2.24) is 0 Å². The summed E-state index contributed by atoms with van der Waals surface area (Å²) in [5, 5.41) is 0. The summed E-state index contributed by atoms with van der Waals surface area (Å²) in [6.07, 6.45) is 27.8. The second kappa shape index (κ2) is 37.4. The molecule has 0 radical (unpaired) electrons. The lowest BCUT2D eigenvalue weighted by Crippen LogP contribution is -2.45. The molecule has 0 aromatic heterocycles. The van der Waals surface area contributed by atoms with Crippen LogP contribution in [-0.4, -0.2) is 106 Å². The topological polar surface area (TPSA) is 80.3 Å². The van der Waals surface area contributed by atoms with E-state index in [0.717, 1.165) is 194 Å². The van der Waals surface area contributed by atoms with E-state index in [-0.39, 0.29) is 21.7 Å². The number of hydrogen-bond acceptors (Lipinski definition) is 10. The maximum atomic E-state index is 6.09. The van der Waals surface area contributed by atoms with Gasteiger partial charge in [-0.1, -0.05) is 152 Å². The summed E-state index contributed by atoms with van der Waals surface area (Å²) in [5.74, 6) is 0.